The largest absolute Gasteiger partial charge is 0.337 e. The number of carbonyl (C=O) groups is 1. The lowest BCUT2D eigenvalue weighted by Gasteiger charge is -2.10. The van der Waals surface area contributed by atoms with Gasteiger partial charge in [-0.25, -0.2) is 0 Å². The lowest BCUT2D eigenvalue weighted by Crippen LogP contribution is -2.23. The van der Waals surface area contributed by atoms with Crippen molar-refractivity contribution in [3.8, 4) is 11.4 Å². The molecule has 0 aliphatic carbocycles. The van der Waals surface area contributed by atoms with Crippen LogP contribution in [0.4, 0.5) is 0 Å². The highest BCUT2D eigenvalue weighted by Gasteiger charge is 2.11. The molecule has 5 heteroatoms. The van der Waals surface area contributed by atoms with Crippen molar-refractivity contribution in [1.29, 1.82) is 0 Å². The number of rotatable bonds is 3. The zero-order valence-electron chi connectivity index (χ0n) is 10.7. The van der Waals surface area contributed by atoms with Crippen molar-refractivity contribution in [2.24, 2.45) is 0 Å². The highest BCUT2D eigenvalue weighted by Crippen LogP contribution is 2.16. The molecule has 1 aromatic carbocycles. The predicted molar refractivity (Wildman–Crippen MR) is 66.6 cm³/mol. The summed E-state index contributed by atoms with van der Waals surface area (Å²) in [4.78, 5) is 16.9. The van der Waals surface area contributed by atoms with E-state index in [9.17, 15) is 4.79 Å². The molecule has 2 aromatic rings. The molecule has 0 aliphatic heterocycles. The zero-order valence-corrected chi connectivity index (χ0v) is 10.7. The maximum atomic E-state index is 11.1. The van der Waals surface area contributed by atoms with Crippen molar-refractivity contribution in [2.45, 2.75) is 20.4 Å². The fourth-order valence-electron chi connectivity index (χ4n) is 1.45. The van der Waals surface area contributed by atoms with Gasteiger partial charge in [0.1, 0.15) is 0 Å². The molecular formula is C13H15N3O2. The van der Waals surface area contributed by atoms with Crippen LogP contribution >= 0.6 is 0 Å². The highest BCUT2D eigenvalue weighted by molar-refractivity contribution is 5.72. The maximum absolute atomic E-state index is 11.1. The number of aromatic nitrogens is 2. The summed E-state index contributed by atoms with van der Waals surface area (Å²) < 4.78 is 5.12. The molecule has 0 saturated heterocycles. The highest BCUT2D eigenvalue weighted by atomic mass is 16.5. The van der Waals surface area contributed by atoms with Gasteiger partial charge >= 0.3 is 0 Å². The van der Waals surface area contributed by atoms with Gasteiger partial charge in [-0.3, -0.25) is 4.79 Å². The average molecular weight is 245 g/mol. The van der Waals surface area contributed by atoms with E-state index in [2.05, 4.69) is 10.1 Å². The van der Waals surface area contributed by atoms with Crippen LogP contribution in [0, 0.1) is 6.92 Å². The molecule has 5 nitrogen and oxygen atoms in total. The topological polar surface area (TPSA) is 59.2 Å². The Labute approximate surface area is 105 Å². The van der Waals surface area contributed by atoms with Crippen molar-refractivity contribution in [3.63, 3.8) is 0 Å². The Balaban J connectivity index is 2.15. The van der Waals surface area contributed by atoms with Crippen LogP contribution in [0.5, 0.6) is 0 Å². The van der Waals surface area contributed by atoms with Crippen LogP contribution in [-0.4, -0.2) is 28.0 Å². The summed E-state index contributed by atoms with van der Waals surface area (Å²) in [6, 6.07) is 7.87. The molecule has 0 saturated carbocycles. The number of hydrogen-bond acceptors (Lipinski definition) is 4. The summed E-state index contributed by atoms with van der Waals surface area (Å²) >= 11 is 0. The van der Waals surface area contributed by atoms with Gasteiger partial charge in [0.15, 0.2) is 0 Å². The summed E-state index contributed by atoms with van der Waals surface area (Å²) in [5.74, 6) is 0.940. The van der Waals surface area contributed by atoms with Gasteiger partial charge in [-0.15, -0.1) is 0 Å². The van der Waals surface area contributed by atoms with Crippen LogP contribution < -0.4 is 0 Å². The van der Waals surface area contributed by atoms with Crippen molar-refractivity contribution >= 4 is 5.91 Å². The van der Waals surface area contributed by atoms with E-state index in [1.165, 1.54) is 17.4 Å². The van der Waals surface area contributed by atoms with E-state index in [0.29, 0.717) is 18.3 Å². The third-order valence-corrected chi connectivity index (χ3v) is 2.69. The van der Waals surface area contributed by atoms with Gasteiger partial charge in [0.2, 0.25) is 17.6 Å². The van der Waals surface area contributed by atoms with Crippen molar-refractivity contribution in [3.05, 3.63) is 35.7 Å². The van der Waals surface area contributed by atoms with Gasteiger partial charge in [0, 0.05) is 19.5 Å². The Morgan fingerprint density at radius 1 is 1.33 bits per heavy atom. The molecule has 0 fully saturated rings. The van der Waals surface area contributed by atoms with Gasteiger partial charge in [-0.2, -0.15) is 4.98 Å². The smallest absolute Gasteiger partial charge is 0.246 e. The molecule has 18 heavy (non-hydrogen) atoms. The van der Waals surface area contributed by atoms with Crippen molar-refractivity contribution < 1.29 is 9.32 Å². The van der Waals surface area contributed by atoms with Crippen LogP contribution in [0.2, 0.25) is 0 Å². The monoisotopic (exact) mass is 245 g/mol. The summed E-state index contributed by atoms with van der Waals surface area (Å²) in [7, 11) is 1.69. The third-order valence-electron chi connectivity index (χ3n) is 2.69. The molecular weight excluding hydrogens is 230 g/mol. The second-order valence-electron chi connectivity index (χ2n) is 4.25. The summed E-state index contributed by atoms with van der Waals surface area (Å²) in [6.45, 7) is 3.85. The van der Waals surface area contributed by atoms with E-state index in [1.807, 2.05) is 31.2 Å². The molecule has 1 amide bonds. The fraction of sp³-hybridized carbons (Fsp3) is 0.308. The molecule has 0 spiro atoms. The van der Waals surface area contributed by atoms with E-state index in [-0.39, 0.29) is 5.91 Å². The first-order valence-electron chi connectivity index (χ1n) is 5.67. The van der Waals surface area contributed by atoms with Gasteiger partial charge in [-0.1, -0.05) is 35.0 Å². The van der Waals surface area contributed by atoms with Crippen LogP contribution in [0.25, 0.3) is 11.4 Å². The van der Waals surface area contributed by atoms with E-state index >= 15 is 0 Å². The average Bonchev–Trinajstić information content (AvgIpc) is 2.78. The molecule has 0 radical (unpaired) electrons. The maximum Gasteiger partial charge on any atom is 0.246 e. The molecule has 0 bridgehead atoms. The Bertz CT molecular complexity index is 546. The fourth-order valence-corrected chi connectivity index (χ4v) is 1.45. The first-order valence-corrected chi connectivity index (χ1v) is 5.67. The number of benzene rings is 1. The first kappa shape index (κ1) is 12.3. The number of aryl methyl sites for hydroxylation is 1. The van der Waals surface area contributed by atoms with Gasteiger partial charge in [-0.05, 0) is 6.92 Å². The summed E-state index contributed by atoms with van der Waals surface area (Å²) in [5.41, 5.74) is 2.08. The SMILES string of the molecule is CC(=O)N(C)Cc1nc(-c2ccc(C)cc2)no1. The summed E-state index contributed by atoms with van der Waals surface area (Å²) in [6.07, 6.45) is 0. The van der Waals surface area contributed by atoms with Gasteiger partial charge < -0.3 is 9.42 Å². The van der Waals surface area contributed by atoms with E-state index in [1.54, 1.807) is 7.05 Å². The number of hydrogen-bond donors (Lipinski definition) is 0. The molecule has 94 valence electrons. The minimum Gasteiger partial charge on any atom is -0.337 e. The lowest BCUT2D eigenvalue weighted by atomic mass is 10.1. The van der Waals surface area contributed by atoms with Crippen molar-refractivity contribution in [1.82, 2.24) is 15.0 Å². The standard InChI is InChI=1S/C13H15N3O2/c1-9-4-6-11(7-5-9)13-14-12(18-15-13)8-16(3)10(2)17/h4-7H,8H2,1-3H3. The number of carbonyl (C=O) groups excluding carboxylic acids is 1. The predicted octanol–water partition coefficient (Wildman–Crippen LogP) is 2.02. The number of amides is 1. The Kier molecular flexibility index (Phi) is 3.41. The zero-order chi connectivity index (χ0) is 13.1. The molecule has 0 unspecified atom stereocenters. The summed E-state index contributed by atoms with van der Waals surface area (Å²) in [5, 5.41) is 3.90. The van der Waals surface area contributed by atoms with E-state index in [0.717, 1.165) is 5.56 Å². The van der Waals surface area contributed by atoms with Crippen LogP contribution in [0.1, 0.15) is 18.4 Å². The molecule has 1 heterocycles. The van der Waals surface area contributed by atoms with Gasteiger partial charge in [0.05, 0.1) is 6.54 Å². The molecule has 0 aliphatic rings. The lowest BCUT2D eigenvalue weighted by molar-refractivity contribution is -0.128. The van der Waals surface area contributed by atoms with Gasteiger partial charge in [0.25, 0.3) is 0 Å². The first-order chi connectivity index (χ1) is 8.56. The normalized spacial score (nSPS) is 10.4. The second kappa shape index (κ2) is 5.00. The van der Waals surface area contributed by atoms with Crippen LogP contribution in [0.3, 0.4) is 0 Å². The Hall–Kier alpha value is -2.17. The Morgan fingerprint density at radius 3 is 2.61 bits per heavy atom. The van der Waals surface area contributed by atoms with E-state index < -0.39 is 0 Å². The third kappa shape index (κ3) is 2.74. The second-order valence-corrected chi connectivity index (χ2v) is 4.25. The molecule has 0 N–H and O–H groups in total. The van der Waals surface area contributed by atoms with E-state index in [4.69, 9.17) is 4.52 Å². The number of nitrogens with zero attached hydrogens (tertiary/aromatic N) is 3. The molecule has 2 rings (SSSR count). The minimum absolute atomic E-state index is 0.0370. The quantitative estimate of drug-likeness (QED) is 0.830. The minimum atomic E-state index is -0.0370. The Morgan fingerprint density at radius 2 is 2.00 bits per heavy atom. The van der Waals surface area contributed by atoms with Crippen molar-refractivity contribution in [2.75, 3.05) is 7.05 Å². The molecule has 0 atom stereocenters. The van der Waals surface area contributed by atoms with Crippen LogP contribution in [0.15, 0.2) is 28.8 Å². The van der Waals surface area contributed by atoms with Crippen LogP contribution in [-0.2, 0) is 11.3 Å². The molecule has 1 aromatic heterocycles.